The van der Waals surface area contributed by atoms with Gasteiger partial charge in [0, 0.05) is 17.2 Å². The molecule has 0 unspecified atom stereocenters. The molecule has 0 spiro atoms. The third kappa shape index (κ3) is 5.90. The van der Waals surface area contributed by atoms with E-state index in [1.54, 1.807) is 60.7 Å². The van der Waals surface area contributed by atoms with Crippen molar-refractivity contribution in [1.29, 1.82) is 0 Å². The SMILES string of the molecule is O=C(COc1cc(C(F)(F)F)nc(SCC(=O)c2ccccc2)n1)c1ccccc1. The van der Waals surface area contributed by atoms with E-state index in [0.29, 0.717) is 17.2 Å². The monoisotopic (exact) mass is 432 g/mol. The number of benzene rings is 2. The first-order chi connectivity index (χ1) is 14.3. The molecule has 30 heavy (non-hydrogen) atoms. The Hall–Kier alpha value is -3.20. The number of Topliss-reactive ketones (excluding diaryl/α,β-unsaturated/α-hetero) is 2. The molecule has 9 heteroatoms. The zero-order valence-corrected chi connectivity index (χ0v) is 16.2. The molecule has 0 radical (unpaired) electrons. The third-order valence-electron chi connectivity index (χ3n) is 3.85. The van der Waals surface area contributed by atoms with Gasteiger partial charge in [-0.2, -0.15) is 18.2 Å². The molecule has 1 aromatic heterocycles. The molecule has 1 heterocycles. The van der Waals surface area contributed by atoms with Gasteiger partial charge >= 0.3 is 6.18 Å². The van der Waals surface area contributed by atoms with Gasteiger partial charge in [-0.05, 0) is 0 Å². The molecular weight excluding hydrogens is 417 g/mol. The number of halogens is 3. The number of ether oxygens (including phenoxy) is 1. The molecule has 0 aliphatic rings. The van der Waals surface area contributed by atoms with E-state index in [-0.39, 0.29) is 16.7 Å². The van der Waals surface area contributed by atoms with Gasteiger partial charge in [0.25, 0.3) is 0 Å². The molecule has 2 aromatic carbocycles. The van der Waals surface area contributed by atoms with Gasteiger partial charge in [0.1, 0.15) is 0 Å². The highest BCUT2D eigenvalue weighted by atomic mass is 32.2. The van der Waals surface area contributed by atoms with E-state index in [9.17, 15) is 22.8 Å². The van der Waals surface area contributed by atoms with E-state index in [4.69, 9.17) is 4.74 Å². The van der Waals surface area contributed by atoms with Gasteiger partial charge in [0.2, 0.25) is 5.88 Å². The Balaban J connectivity index is 1.73. The topological polar surface area (TPSA) is 69.2 Å². The molecule has 0 bridgehead atoms. The fraction of sp³-hybridized carbons (Fsp3) is 0.143. The average Bonchev–Trinajstić information content (AvgIpc) is 2.76. The Kier molecular flexibility index (Phi) is 6.83. The van der Waals surface area contributed by atoms with Crippen molar-refractivity contribution in [1.82, 2.24) is 9.97 Å². The summed E-state index contributed by atoms with van der Waals surface area (Å²) in [6.07, 6.45) is -4.73. The van der Waals surface area contributed by atoms with Crippen LogP contribution in [0.25, 0.3) is 0 Å². The van der Waals surface area contributed by atoms with E-state index >= 15 is 0 Å². The number of carbonyl (C=O) groups excluding carboxylic acids is 2. The number of rotatable bonds is 8. The number of hydrogen-bond donors (Lipinski definition) is 0. The molecule has 0 saturated carbocycles. The first-order valence-corrected chi connectivity index (χ1v) is 9.70. The number of hydrogen-bond acceptors (Lipinski definition) is 6. The zero-order chi connectivity index (χ0) is 21.6. The minimum absolute atomic E-state index is 0.145. The Morgan fingerprint density at radius 2 is 1.43 bits per heavy atom. The van der Waals surface area contributed by atoms with Crippen LogP contribution in [0.15, 0.2) is 71.9 Å². The summed E-state index contributed by atoms with van der Waals surface area (Å²) in [4.78, 5) is 31.7. The van der Waals surface area contributed by atoms with Crippen LogP contribution in [0.1, 0.15) is 26.4 Å². The summed E-state index contributed by atoms with van der Waals surface area (Å²) < 4.78 is 44.8. The highest BCUT2D eigenvalue weighted by Crippen LogP contribution is 2.31. The Morgan fingerprint density at radius 3 is 2.00 bits per heavy atom. The van der Waals surface area contributed by atoms with Crippen LogP contribution in [0.4, 0.5) is 13.2 Å². The Morgan fingerprint density at radius 1 is 0.867 bits per heavy atom. The second kappa shape index (κ2) is 9.53. The van der Waals surface area contributed by atoms with Crippen LogP contribution in [-0.4, -0.2) is 33.9 Å². The van der Waals surface area contributed by atoms with Crippen molar-refractivity contribution in [2.45, 2.75) is 11.3 Å². The minimum Gasteiger partial charge on any atom is -0.469 e. The summed E-state index contributed by atoms with van der Waals surface area (Å²) in [6, 6.07) is 17.2. The lowest BCUT2D eigenvalue weighted by Gasteiger charge is -2.11. The fourth-order valence-electron chi connectivity index (χ4n) is 2.37. The van der Waals surface area contributed by atoms with Crippen molar-refractivity contribution in [3.63, 3.8) is 0 Å². The molecule has 0 atom stereocenters. The van der Waals surface area contributed by atoms with E-state index in [0.717, 1.165) is 11.8 Å². The van der Waals surface area contributed by atoms with Crippen LogP contribution >= 0.6 is 11.8 Å². The maximum atomic E-state index is 13.2. The number of thioether (sulfide) groups is 1. The van der Waals surface area contributed by atoms with E-state index in [1.165, 1.54) is 0 Å². The number of carbonyl (C=O) groups is 2. The van der Waals surface area contributed by atoms with Crippen molar-refractivity contribution >= 4 is 23.3 Å². The summed E-state index contributed by atoms with van der Waals surface area (Å²) in [5, 5.41) is -0.267. The quantitative estimate of drug-likeness (QED) is 0.291. The van der Waals surface area contributed by atoms with Crippen molar-refractivity contribution in [3.05, 3.63) is 83.6 Å². The third-order valence-corrected chi connectivity index (χ3v) is 4.69. The van der Waals surface area contributed by atoms with E-state index in [2.05, 4.69) is 9.97 Å². The summed E-state index contributed by atoms with van der Waals surface area (Å²) in [5.74, 6) is -1.22. The number of alkyl halides is 3. The maximum Gasteiger partial charge on any atom is 0.433 e. The van der Waals surface area contributed by atoms with Gasteiger partial charge < -0.3 is 4.74 Å². The molecule has 0 aliphatic carbocycles. The second-order valence-corrected chi connectivity index (χ2v) is 6.97. The highest BCUT2D eigenvalue weighted by Gasteiger charge is 2.34. The normalized spacial score (nSPS) is 11.2. The van der Waals surface area contributed by atoms with Crippen molar-refractivity contribution in [2.75, 3.05) is 12.4 Å². The van der Waals surface area contributed by atoms with Crippen molar-refractivity contribution in [3.8, 4) is 5.88 Å². The van der Waals surface area contributed by atoms with Crippen LogP contribution in [0.3, 0.4) is 0 Å². The highest BCUT2D eigenvalue weighted by molar-refractivity contribution is 7.99. The summed E-state index contributed by atoms with van der Waals surface area (Å²) >= 11 is 0.762. The first-order valence-electron chi connectivity index (χ1n) is 8.71. The smallest absolute Gasteiger partial charge is 0.433 e. The molecule has 0 aliphatic heterocycles. The summed E-state index contributed by atoms with van der Waals surface area (Å²) in [7, 11) is 0. The fourth-order valence-corrected chi connectivity index (χ4v) is 3.12. The second-order valence-electron chi connectivity index (χ2n) is 6.03. The van der Waals surface area contributed by atoms with Gasteiger partial charge in [0.15, 0.2) is 29.0 Å². The lowest BCUT2D eigenvalue weighted by atomic mass is 10.1. The molecule has 154 valence electrons. The maximum absolute atomic E-state index is 13.2. The average molecular weight is 432 g/mol. The van der Waals surface area contributed by atoms with Gasteiger partial charge in [-0.1, -0.05) is 72.4 Å². The molecule has 0 N–H and O–H groups in total. The van der Waals surface area contributed by atoms with Gasteiger partial charge in [0.05, 0.1) is 5.75 Å². The minimum atomic E-state index is -4.73. The predicted octanol–water partition coefficient (Wildman–Crippen LogP) is 4.73. The van der Waals surface area contributed by atoms with Crippen molar-refractivity contribution < 1.29 is 27.5 Å². The van der Waals surface area contributed by atoms with Gasteiger partial charge in [-0.3, -0.25) is 9.59 Å². The number of nitrogens with zero attached hydrogens (tertiary/aromatic N) is 2. The molecule has 0 amide bonds. The lowest BCUT2D eigenvalue weighted by Crippen LogP contribution is -2.15. The van der Waals surface area contributed by atoms with Crippen LogP contribution in [0.2, 0.25) is 0 Å². The molecule has 5 nitrogen and oxygen atoms in total. The Bertz CT molecular complexity index is 955. The van der Waals surface area contributed by atoms with Crippen LogP contribution < -0.4 is 4.74 Å². The van der Waals surface area contributed by atoms with Crippen LogP contribution in [0.5, 0.6) is 5.88 Å². The Labute approximate surface area is 174 Å². The zero-order valence-electron chi connectivity index (χ0n) is 15.4. The molecule has 3 rings (SSSR count). The molecule has 3 aromatic rings. The first kappa shape index (κ1) is 21.5. The lowest BCUT2D eigenvalue weighted by molar-refractivity contribution is -0.141. The number of aromatic nitrogens is 2. The van der Waals surface area contributed by atoms with Gasteiger partial charge in [-0.25, -0.2) is 4.98 Å². The standard InChI is InChI=1S/C21H15F3N2O3S/c22-21(23,24)18-11-19(29-12-16(27)14-7-3-1-4-8-14)26-20(25-18)30-13-17(28)15-9-5-2-6-10-15/h1-11H,12-13H2. The molecule has 0 saturated heterocycles. The van der Waals surface area contributed by atoms with Gasteiger partial charge in [-0.15, -0.1) is 0 Å². The number of ketones is 2. The largest absolute Gasteiger partial charge is 0.469 e. The predicted molar refractivity (Wildman–Crippen MR) is 105 cm³/mol. The van der Waals surface area contributed by atoms with E-state index < -0.39 is 30.1 Å². The summed E-state index contributed by atoms with van der Waals surface area (Å²) in [6.45, 7) is -0.481. The van der Waals surface area contributed by atoms with Crippen LogP contribution in [0, 0.1) is 0 Å². The summed E-state index contributed by atoms with van der Waals surface area (Å²) in [5.41, 5.74) is -0.415. The van der Waals surface area contributed by atoms with Crippen LogP contribution in [-0.2, 0) is 6.18 Å². The molecular formula is C21H15F3N2O3S. The molecule has 0 fully saturated rings. The van der Waals surface area contributed by atoms with Crippen molar-refractivity contribution in [2.24, 2.45) is 0 Å². The van der Waals surface area contributed by atoms with E-state index in [1.807, 2.05) is 0 Å².